The molecule has 0 aliphatic rings. The Kier molecular flexibility index (Phi) is 6.14. The second-order valence-corrected chi connectivity index (χ2v) is 6.29. The Morgan fingerprint density at radius 3 is 2.46 bits per heavy atom. The van der Waals surface area contributed by atoms with E-state index in [1.807, 2.05) is 43.3 Å². The van der Waals surface area contributed by atoms with Gasteiger partial charge in [-0.15, -0.1) is 0 Å². The molecule has 2 aromatic rings. The zero-order valence-corrected chi connectivity index (χ0v) is 14.5. The number of hydrogen-bond acceptors (Lipinski definition) is 3. The van der Waals surface area contributed by atoms with E-state index < -0.39 is 0 Å². The van der Waals surface area contributed by atoms with E-state index in [0.717, 1.165) is 28.9 Å². The molecular formula is C21H23NO2. The lowest BCUT2D eigenvalue weighted by atomic mass is 10.00. The normalized spacial score (nSPS) is 10.5. The van der Waals surface area contributed by atoms with Crippen molar-refractivity contribution in [2.75, 3.05) is 0 Å². The molecule has 24 heavy (non-hydrogen) atoms. The Labute approximate surface area is 143 Å². The third-order valence-electron chi connectivity index (χ3n) is 3.81. The fourth-order valence-corrected chi connectivity index (χ4v) is 2.54. The van der Waals surface area contributed by atoms with Crippen LogP contribution in [0.25, 0.3) is 0 Å². The monoisotopic (exact) mass is 321 g/mol. The number of ether oxygens (including phenoxy) is 1. The number of nitriles is 1. The van der Waals surface area contributed by atoms with E-state index in [9.17, 15) is 4.79 Å². The summed E-state index contributed by atoms with van der Waals surface area (Å²) >= 11 is 0. The van der Waals surface area contributed by atoms with E-state index in [2.05, 4.69) is 19.9 Å². The first-order valence-electron chi connectivity index (χ1n) is 8.31. The van der Waals surface area contributed by atoms with Crippen LogP contribution in [0.3, 0.4) is 0 Å². The van der Waals surface area contributed by atoms with Crippen LogP contribution in [-0.2, 0) is 13.0 Å². The topological polar surface area (TPSA) is 50.1 Å². The van der Waals surface area contributed by atoms with Crippen molar-refractivity contribution in [3.63, 3.8) is 0 Å². The largest absolute Gasteiger partial charge is 0.489 e. The lowest BCUT2D eigenvalue weighted by Gasteiger charge is -2.14. The molecule has 0 radical (unpaired) electrons. The molecule has 0 saturated carbocycles. The molecule has 0 bridgehead atoms. The van der Waals surface area contributed by atoms with Crippen molar-refractivity contribution in [2.45, 2.75) is 40.2 Å². The lowest BCUT2D eigenvalue weighted by molar-refractivity contribution is 0.0988. The predicted octanol–water partition coefficient (Wildman–Crippen LogP) is 4.93. The zero-order valence-electron chi connectivity index (χ0n) is 14.5. The number of nitrogens with zero attached hydrogens (tertiary/aromatic N) is 1. The van der Waals surface area contributed by atoms with E-state index >= 15 is 0 Å². The third kappa shape index (κ3) is 4.70. The molecule has 3 nitrogen and oxygen atoms in total. The highest BCUT2D eigenvalue weighted by Crippen LogP contribution is 2.24. The van der Waals surface area contributed by atoms with Crippen LogP contribution in [0.15, 0.2) is 42.5 Å². The first kappa shape index (κ1) is 17.7. The number of carbonyl (C=O) groups excluding carboxylic acids is 1. The second-order valence-electron chi connectivity index (χ2n) is 6.29. The van der Waals surface area contributed by atoms with Crippen molar-refractivity contribution in [1.82, 2.24) is 0 Å². The van der Waals surface area contributed by atoms with E-state index in [-0.39, 0.29) is 5.78 Å². The summed E-state index contributed by atoms with van der Waals surface area (Å²) in [5.41, 5.74) is 3.46. The van der Waals surface area contributed by atoms with Gasteiger partial charge in [0.1, 0.15) is 12.4 Å². The molecule has 2 aromatic carbocycles. The number of carbonyl (C=O) groups is 1. The summed E-state index contributed by atoms with van der Waals surface area (Å²) in [5.74, 6) is 1.45. The van der Waals surface area contributed by atoms with Crippen molar-refractivity contribution < 1.29 is 9.53 Å². The van der Waals surface area contributed by atoms with Crippen LogP contribution in [0.4, 0.5) is 0 Å². The van der Waals surface area contributed by atoms with E-state index in [1.54, 1.807) is 6.07 Å². The summed E-state index contributed by atoms with van der Waals surface area (Å²) in [6.07, 6.45) is 1.38. The number of ketones is 1. The van der Waals surface area contributed by atoms with Crippen LogP contribution in [-0.4, -0.2) is 5.78 Å². The van der Waals surface area contributed by atoms with Crippen LogP contribution in [0, 0.1) is 17.2 Å². The van der Waals surface area contributed by atoms with Gasteiger partial charge in [-0.2, -0.15) is 5.26 Å². The van der Waals surface area contributed by atoms with Gasteiger partial charge in [0.25, 0.3) is 0 Å². The van der Waals surface area contributed by atoms with Gasteiger partial charge in [-0.25, -0.2) is 0 Å². The quantitative estimate of drug-likeness (QED) is 0.679. The minimum Gasteiger partial charge on any atom is -0.489 e. The highest BCUT2D eigenvalue weighted by molar-refractivity contribution is 5.95. The Hall–Kier alpha value is -2.60. The molecule has 124 valence electrons. The van der Waals surface area contributed by atoms with Crippen LogP contribution in [0.5, 0.6) is 5.75 Å². The molecule has 2 rings (SSSR count). The van der Waals surface area contributed by atoms with E-state index in [1.165, 1.54) is 0 Å². The summed E-state index contributed by atoms with van der Waals surface area (Å²) in [4.78, 5) is 11.7. The minimum atomic E-state index is 0.147. The molecule has 3 heteroatoms. The van der Waals surface area contributed by atoms with Crippen molar-refractivity contribution in [2.24, 2.45) is 5.92 Å². The maximum Gasteiger partial charge on any atom is 0.162 e. The van der Waals surface area contributed by atoms with Gasteiger partial charge in [-0.05, 0) is 41.7 Å². The number of Topliss-reactive ketones (excluding diaryl/α,β-unsaturated/α-hetero) is 1. The fourth-order valence-electron chi connectivity index (χ4n) is 2.54. The maximum absolute atomic E-state index is 11.7. The molecule has 0 unspecified atom stereocenters. The standard InChI is InChI=1S/C21H23NO2/c1-4-20(23)18-8-5-16(6-9-18)14-24-21-10-7-17(13-22)12-19(21)11-15(2)3/h5-10,12,15H,4,11,14H2,1-3H3. The average molecular weight is 321 g/mol. The summed E-state index contributed by atoms with van der Waals surface area (Å²) in [7, 11) is 0. The van der Waals surface area contributed by atoms with Gasteiger partial charge in [-0.3, -0.25) is 4.79 Å². The van der Waals surface area contributed by atoms with Gasteiger partial charge in [0.15, 0.2) is 5.78 Å². The van der Waals surface area contributed by atoms with E-state index in [0.29, 0.717) is 24.5 Å². The Morgan fingerprint density at radius 2 is 1.88 bits per heavy atom. The van der Waals surface area contributed by atoms with Gasteiger partial charge in [0.05, 0.1) is 11.6 Å². The molecule has 0 heterocycles. The van der Waals surface area contributed by atoms with Crippen LogP contribution in [0.2, 0.25) is 0 Å². The molecule has 0 amide bonds. The van der Waals surface area contributed by atoms with Crippen molar-refractivity contribution in [3.05, 3.63) is 64.7 Å². The number of rotatable bonds is 7. The lowest BCUT2D eigenvalue weighted by Crippen LogP contribution is -2.03. The van der Waals surface area contributed by atoms with Gasteiger partial charge in [0, 0.05) is 12.0 Å². The van der Waals surface area contributed by atoms with Crippen LogP contribution < -0.4 is 4.74 Å². The summed E-state index contributed by atoms with van der Waals surface area (Å²) < 4.78 is 5.96. The van der Waals surface area contributed by atoms with Crippen LogP contribution >= 0.6 is 0 Å². The average Bonchev–Trinajstić information content (AvgIpc) is 2.59. The smallest absolute Gasteiger partial charge is 0.162 e. The summed E-state index contributed by atoms with van der Waals surface area (Å²) in [5, 5.41) is 9.07. The third-order valence-corrected chi connectivity index (χ3v) is 3.81. The van der Waals surface area contributed by atoms with Crippen molar-refractivity contribution in [1.29, 1.82) is 5.26 Å². The Bertz CT molecular complexity index is 739. The first-order valence-corrected chi connectivity index (χ1v) is 8.31. The van der Waals surface area contributed by atoms with Crippen molar-refractivity contribution in [3.8, 4) is 11.8 Å². The molecule has 0 fully saturated rings. The molecule has 0 spiro atoms. The Morgan fingerprint density at radius 1 is 1.17 bits per heavy atom. The zero-order chi connectivity index (χ0) is 17.5. The maximum atomic E-state index is 11.7. The predicted molar refractivity (Wildman–Crippen MR) is 95.1 cm³/mol. The van der Waals surface area contributed by atoms with Gasteiger partial charge >= 0.3 is 0 Å². The molecule has 0 aromatic heterocycles. The Balaban J connectivity index is 2.11. The molecule has 0 saturated heterocycles. The molecule has 0 N–H and O–H groups in total. The first-order chi connectivity index (χ1) is 11.5. The van der Waals surface area contributed by atoms with Gasteiger partial charge in [0.2, 0.25) is 0 Å². The molecular weight excluding hydrogens is 298 g/mol. The van der Waals surface area contributed by atoms with E-state index in [4.69, 9.17) is 10.00 Å². The highest BCUT2D eigenvalue weighted by Gasteiger charge is 2.09. The summed E-state index contributed by atoms with van der Waals surface area (Å²) in [6.45, 7) is 6.59. The highest BCUT2D eigenvalue weighted by atomic mass is 16.5. The van der Waals surface area contributed by atoms with Gasteiger partial charge < -0.3 is 4.74 Å². The summed E-state index contributed by atoms with van der Waals surface area (Å²) in [6, 6.07) is 15.3. The molecule has 0 atom stereocenters. The minimum absolute atomic E-state index is 0.147. The SMILES string of the molecule is CCC(=O)c1ccc(COc2ccc(C#N)cc2CC(C)C)cc1. The number of benzene rings is 2. The molecule has 0 aliphatic carbocycles. The fraction of sp³-hybridized carbons (Fsp3) is 0.333. The number of hydrogen-bond donors (Lipinski definition) is 0. The second kappa shape index (κ2) is 8.31. The van der Waals surface area contributed by atoms with Gasteiger partial charge in [-0.1, -0.05) is 45.0 Å². The van der Waals surface area contributed by atoms with Crippen LogP contribution in [0.1, 0.15) is 54.2 Å². The molecule has 0 aliphatic heterocycles. The van der Waals surface area contributed by atoms with Crippen molar-refractivity contribution >= 4 is 5.78 Å².